The molecule has 94 valence electrons. The van der Waals surface area contributed by atoms with Gasteiger partial charge in [0, 0.05) is 18.7 Å². The molecule has 6 heteroatoms. The maximum absolute atomic E-state index is 13.1. The van der Waals surface area contributed by atoms with Crippen LogP contribution >= 0.6 is 0 Å². The minimum atomic E-state index is -0.923. The van der Waals surface area contributed by atoms with Gasteiger partial charge in [0.05, 0.1) is 23.8 Å². The number of fused-ring (bicyclic) bond motifs is 1. The first-order valence-corrected chi connectivity index (χ1v) is 5.76. The van der Waals surface area contributed by atoms with Gasteiger partial charge < -0.3 is 0 Å². The van der Waals surface area contributed by atoms with Crippen LogP contribution in [0.2, 0.25) is 0 Å². The average Bonchev–Trinajstić information content (AvgIpc) is 2.41. The summed E-state index contributed by atoms with van der Waals surface area (Å²) in [5, 5.41) is 1.64. The Morgan fingerprint density at radius 2 is 1.89 bits per heavy atom. The van der Waals surface area contributed by atoms with Crippen molar-refractivity contribution in [2.45, 2.75) is 12.8 Å². The second-order valence-corrected chi connectivity index (χ2v) is 4.13. The fourth-order valence-electron chi connectivity index (χ4n) is 1.90. The second-order valence-electron chi connectivity index (χ2n) is 4.13. The third-order valence-electron chi connectivity index (χ3n) is 2.83. The van der Waals surface area contributed by atoms with Crippen molar-refractivity contribution >= 4 is 16.9 Å². The van der Waals surface area contributed by atoms with Gasteiger partial charge in [0.15, 0.2) is 17.5 Å². The van der Waals surface area contributed by atoms with E-state index in [1.165, 1.54) is 6.20 Å². The first-order chi connectivity index (χ1) is 8.74. The van der Waals surface area contributed by atoms with E-state index in [4.69, 9.17) is 4.84 Å². The summed E-state index contributed by atoms with van der Waals surface area (Å²) >= 11 is 0. The molecule has 0 aliphatic carbocycles. The Labute approximate surface area is 102 Å². The minimum Gasteiger partial charge on any atom is -0.272 e. The van der Waals surface area contributed by atoms with Gasteiger partial charge in [0.2, 0.25) is 0 Å². The summed E-state index contributed by atoms with van der Waals surface area (Å²) in [6, 6.07) is 2.09. The van der Waals surface area contributed by atoms with Crippen LogP contribution in [0.25, 0.3) is 11.0 Å². The lowest BCUT2D eigenvalue weighted by atomic mass is 10.2. The van der Waals surface area contributed by atoms with Crippen LogP contribution in [0.5, 0.6) is 0 Å². The highest BCUT2D eigenvalue weighted by Crippen LogP contribution is 2.20. The van der Waals surface area contributed by atoms with Crippen molar-refractivity contribution in [3.8, 4) is 0 Å². The number of aromatic nitrogens is 2. The molecule has 0 radical (unpaired) electrons. The van der Waals surface area contributed by atoms with E-state index in [9.17, 15) is 8.78 Å². The van der Waals surface area contributed by atoms with Crippen LogP contribution in [-0.4, -0.2) is 23.1 Å². The van der Waals surface area contributed by atoms with E-state index < -0.39 is 11.6 Å². The molecule has 0 saturated carbocycles. The first-order valence-electron chi connectivity index (χ1n) is 5.76. The van der Waals surface area contributed by atoms with E-state index in [-0.39, 0.29) is 0 Å². The first kappa shape index (κ1) is 11.3. The number of benzene rings is 1. The molecule has 3 rings (SSSR count). The number of hydrogen-bond donors (Lipinski definition) is 0. The molecule has 2 aromatic rings. The number of nitrogens with zero attached hydrogens (tertiary/aromatic N) is 3. The predicted molar refractivity (Wildman–Crippen MR) is 62.0 cm³/mol. The molecular weight excluding hydrogens is 240 g/mol. The molecular formula is C12H11F2N3O. The van der Waals surface area contributed by atoms with Crippen molar-refractivity contribution in [3.05, 3.63) is 30.0 Å². The van der Waals surface area contributed by atoms with Gasteiger partial charge in [-0.2, -0.15) is 0 Å². The van der Waals surface area contributed by atoms with Gasteiger partial charge in [-0.25, -0.2) is 18.8 Å². The van der Waals surface area contributed by atoms with Gasteiger partial charge in [0.1, 0.15) is 0 Å². The lowest BCUT2D eigenvalue weighted by Gasteiger charge is -2.26. The molecule has 0 unspecified atom stereocenters. The molecule has 1 aromatic carbocycles. The summed E-state index contributed by atoms with van der Waals surface area (Å²) in [6.45, 7) is 1.36. The van der Waals surface area contributed by atoms with E-state index in [1.807, 2.05) is 0 Å². The number of rotatable bonds is 1. The Kier molecular flexibility index (Phi) is 2.79. The molecule has 1 saturated heterocycles. The molecule has 2 heterocycles. The van der Waals surface area contributed by atoms with Crippen molar-refractivity contribution in [1.29, 1.82) is 0 Å². The highest BCUT2D eigenvalue weighted by molar-refractivity contribution is 5.75. The molecule has 1 aliphatic heterocycles. The van der Waals surface area contributed by atoms with Crippen LogP contribution in [0.15, 0.2) is 18.3 Å². The maximum atomic E-state index is 13.1. The molecule has 0 amide bonds. The molecule has 0 N–H and O–H groups in total. The van der Waals surface area contributed by atoms with E-state index >= 15 is 0 Å². The van der Waals surface area contributed by atoms with Crippen LogP contribution < -0.4 is 5.06 Å². The van der Waals surface area contributed by atoms with Crippen LogP contribution in [0, 0.1) is 11.6 Å². The Bertz CT molecular complexity index is 585. The summed E-state index contributed by atoms with van der Waals surface area (Å²) < 4.78 is 26.2. The van der Waals surface area contributed by atoms with Crippen molar-refractivity contribution < 1.29 is 13.6 Å². The number of anilines is 1. The predicted octanol–water partition coefficient (Wildman–Crippen LogP) is 2.44. The second kappa shape index (κ2) is 4.45. The zero-order valence-electron chi connectivity index (χ0n) is 9.57. The van der Waals surface area contributed by atoms with Crippen LogP contribution in [0.4, 0.5) is 14.6 Å². The summed E-state index contributed by atoms with van der Waals surface area (Å²) in [5.74, 6) is -1.32. The van der Waals surface area contributed by atoms with Gasteiger partial charge in [-0.1, -0.05) is 0 Å². The quantitative estimate of drug-likeness (QED) is 0.780. The lowest BCUT2D eigenvalue weighted by Crippen LogP contribution is -2.30. The summed E-state index contributed by atoms with van der Waals surface area (Å²) in [5.41, 5.74) is 0.648. The molecule has 1 aromatic heterocycles. The molecule has 0 atom stereocenters. The minimum absolute atomic E-state index is 0.320. The average molecular weight is 251 g/mol. The Balaban J connectivity index is 2.02. The molecule has 1 fully saturated rings. The molecule has 0 bridgehead atoms. The van der Waals surface area contributed by atoms with Gasteiger partial charge in [-0.3, -0.25) is 9.82 Å². The maximum Gasteiger partial charge on any atom is 0.171 e. The molecule has 0 spiro atoms. The van der Waals surface area contributed by atoms with Crippen LogP contribution in [0.1, 0.15) is 12.8 Å². The zero-order valence-corrected chi connectivity index (χ0v) is 9.57. The van der Waals surface area contributed by atoms with E-state index in [0.29, 0.717) is 23.5 Å². The van der Waals surface area contributed by atoms with Crippen molar-refractivity contribution in [2.24, 2.45) is 0 Å². The van der Waals surface area contributed by atoms with E-state index in [1.54, 1.807) is 5.06 Å². The summed E-state index contributed by atoms with van der Waals surface area (Å²) in [4.78, 5) is 13.7. The van der Waals surface area contributed by atoms with Crippen molar-refractivity contribution in [3.63, 3.8) is 0 Å². The van der Waals surface area contributed by atoms with Gasteiger partial charge in [-0.15, -0.1) is 0 Å². The third kappa shape index (κ3) is 1.99. The highest BCUT2D eigenvalue weighted by atomic mass is 19.2. The SMILES string of the molecule is Fc1cc2ncc(N3CCCCO3)nc2cc1F. The monoisotopic (exact) mass is 251 g/mol. The molecule has 1 aliphatic rings. The number of hydrogen-bond acceptors (Lipinski definition) is 4. The fraction of sp³-hybridized carbons (Fsp3) is 0.333. The lowest BCUT2D eigenvalue weighted by molar-refractivity contribution is 0.0761. The van der Waals surface area contributed by atoms with Gasteiger partial charge in [0.25, 0.3) is 0 Å². The molecule has 4 nitrogen and oxygen atoms in total. The third-order valence-corrected chi connectivity index (χ3v) is 2.83. The topological polar surface area (TPSA) is 38.2 Å². The van der Waals surface area contributed by atoms with Gasteiger partial charge in [-0.05, 0) is 12.8 Å². The summed E-state index contributed by atoms with van der Waals surface area (Å²) in [7, 11) is 0. The number of halogens is 2. The van der Waals surface area contributed by atoms with Crippen molar-refractivity contribution in [2.75, 3.05) is 18.2 Å². The smallest absolute Gasteiger partial charge is 0.171 e. The van der Waals surface area contributed by atoms with Crippen LogP contribution in [-0.2, 0) is 4.84 Å². The summed E-state index contributed by atoms with van der Waals surface area (Å²) in [6.07, 6.45) is 3.53. The number of hydroxylamine groups is 1. The van der Waals surface area contributed by atoms with Gasteiger partial charge >= 0.3 is 0 Å². The fourth-order valence-corrected chi connectivity index (χ4v) is 1.90. The Hall–Kier alpha value is -1.82. The zero-order chi connectivity index (χ0) is 12.5. The standard InChI is InChI=1S/C12H11F2N3O/c13-8-5-10-11(6-9(8)14)16-12(7-15-10)17-3-1-2-4-18-17/h5-7H,1-4H2. The Morgan fingerprint density at radius 1 is 1.11 bits per heavy atom. The largest absolute Gasteiger partial charge is 0.272 e. The van der Waals surface area contributed by atoms with Crippen molar-refractivity contribution in [1.82, 2.24) is 9.97 Å². The Morgan fingerprint density at radius 3 is 2.61 bits per heavy atom. The normalized spacial score (nSPS) is 16.2. The van der Waals surface area contributed by atoms with E-state index in [2.05, 4.69) is 9.97 Å². The molecule has 18 heavy (non-hydrogen) atoms. The highest BCUT2D eigenvalue weighted by Gasteiger charge is 2.15. The van der Waals surface area contributed by atoms with E-state index in [0.717, 1.165) is 31.5 Å². The van der Waals surface area contributed by atoms with Crippen LogP contribution in [0.3, 0.4) is 0 Å².